The van der Waals surface area contributed by atoms with Crippen molar-refractivity contribution < 1.29 is 18.7 Å². The Kier molecular flexibility index (Phi) is 5.75. The number of benzene rings is 3. The van der Waals surface area contributed by atoms with Gasteiger partial charge in [-0.1, -0.05) is 36.4 Å². The maximum atomic E-state index is 13.2. The molecule has 1 heterocycles. The van der Waals surface area contributed by atoms with Crippen molar-refractivity contribution in [1.29, 1.82) is 0 Å². The number of hydrogen-bond donors (Lipinski definition) is 1. The minimum absolute atomic E-state index is 0.252. The van der Waals surface area contributed by atoms with E-state index in [2.05, 4.69) is 5.32 Å². The third-order valence-corrected chi connectivity index (χ3v) is 4.87. The molecular formula is C24H22FNO3. The topological polar surface area (TPSA) is 47.6 Å². The maximum absolute atomic E-state index is 13.2. The number of hydrogen-bond acceptors (Lipinski definition) is 3. The van der Waals surface area contributed by atoms with Crippen molar-refractivity contribution in [3.8, 4) is 11.5 Å². The second-order valence-electron chi connectivity index (χ2n) is 6.98. The molecule has 0 spiro atoms. The zero-order chi connectivity index (χ0) is 20.1. The number of halogens is 1. The quantitative estimate of drug-likeness (QED) is 0.686. The van der Waals surface area contributed by atoms with E-state index in [1.54, 1.807) is 0 Å². The Morgan fingerprint density at radius 1 is 0.931 bits per heavy atom. The fourth-order valence-corrected chi connectivity index (χ4v) is 3.34. The van der Waals surface area contributed by atoms with Crippen molar-refractivity contribution in [3.63, 3.8) is 0 Å². The first-order valence-electron chi connectivity index (χ1n) is 9.69. The maximum Gasteiger partial charge on any atom is 0.251 e. The highest BCUT2D eigenvalue weighted by Crippen LogP contribution is 2.33. The second kappa shape index (κ2) is 8.78. The molecule has 0 saturated carbocycles. The van der Waals surface area contributed by atoms with Crippen LogP contribution in [0.1, 0.15) is 33.9 Å². The molecule has 4 nitrogen and oxygen atoms in total. The van der Waals surface area contributed by atoms with Gasteiger partial charge in [-0.3, -0.25) is 4.79 Å². The van der Waals surface area contributed by atoms with Crippen molar-refractivity contribution in [2.75, 3.05) is 13.2 Å². The van der Waals surface area contributed by atoms with E-state index in [1.807, 2.05) is 48.5 Å². The molecule has 0 aromatic heterocycles. The average molecular weight is 391 g/mol. The third kappa shape index (κ3) is 4.74. The molecule has 0 fully saturated rings. The summed E-state index contributed by atoms with van der Waals surface area (Å²) < 4.78 is 24.7. The molecule has 1 aliphatic heterocycles. The molecule has 1 atom stereocenters. The molecule has 0 unspecified atom stereocenters. The van der Waals surface area contributed by atoms with E-state index in [1.165, 1.54) is 24.3 Å². The largest absolute Gasteiger partial charge is 0.490 e. The number of amides is 1. The number of fused-ring (bicyclic) bond motifs is 1. The molecule has 1 amide bonds. The first-order valence-corrected chi connectivity index (χ1v) is 9.69. The van der Waals surface area contributed by atoms with Crippen LogP contribution in [0.4, 0.5) is 4.39 Å². The Morgan fingerprint density at radius 2 is 1.66 bits per heavy atom. The van der Waals surface area contributed by atoms with E-state index in [0.717, 1.165) is 23.3 Å². The normalized spacial score (nSPS) is 14.0. The van der Waals surface area contributed by atoms with Gasteiger partial charge in [-0.2, -0.15) is 0 Å². The van der Waals surface area contributed by atoms with Crippen molar-refractivity contribution in [2.24, 2.45) is 0 Å². The highest BCUT2D eigenvalue weighted by atomic mass is 19.1. The first-order chi connectivity index (χ1) is 14.2. The van der Waals surface area contributed by atoms with Crippen LogP contribution in [0.3, 0.4) is 0 Å². The minimum Gasteiger partial charge on any atom is -0.490 e. The molecule has 0 saturated heterocycles. The molecule has 3 aromatic rings. The predicted octanol–water partition coefficient (Wildman–Crippen LogP) is 4.70. The second-order valence-corrected chi connectivity index (χ2v) is 6.98. The first kappa shape index (κ1) is 19.0. The Hall–Kier alpha value is -3.34. The number of carbonyl (C=O) groups is 1. The summed E-state index contributed by atoms with van der Waals surface area (Å²) >= 11 is 0. The van der Waals surface area contributed by atoms with Crippen molar-refractivity contribution in [1.82, 2.24) is 5.32 Å². The van der Waals surface area contributed by atoms with Crippen LogP contribution in [0.2, 0.25) is 0 Å². The van der Waals surface area contributed by atoms with Crippen LogP contribution in [0.15, 0.2) is 72.8 Å². The van der Waals surface area contributed by atoms with Crippen molar-refractivity contribution in [3.05, 3.63) is 95.3 Å². The summed E-state index contributed by atoms with van der Waals surface area (Å²) in [5, 5.41) is 3.08. The molecule has 1 N–H and O–H groups in total. The highest BCUT2D eigenvalue weighted by molar-refractivity contribution is 5.94. The highest BCUT2D eigenvalue weighted by Gasteiger charge is 2.20. The van der Waals surface area contributed by atoms with E-state index in [9.17, 15) is 9.18 Å². The summed E-state index contributed by atoms with van der Waals surface area (Å²) in [5.74, 6) is 0.784. The average Bonchev–Trinajstić information content (AvgIpc) is 2.99. The van der Waals surface area contributed by atoms with Gasteiger partial charge in [0.2, 0.25) is 0 Å². The summed E-state index contributed by atoms with van der Waals surface area (Å²) in [6.07, 6.45) is 1.45. The molecule has 5 heteroatoms. The molecule has 0 radical (unpaired) electrons. The van der Waals surface area contributed by atoms with Gasteiger partial charge in [0.1, 0.15) is 5.82 Å². The Labute approximate surface area is 169 Å². The van der Waals surface area contributed by atoms with Crippen LogP contribution in [0.25, 0.3) is 0 Å². The van der Waals surface area contributed by atoms with Gasteiger partial charge in [0.05, 0.1) is 19.3 Å². The zero-order valence-electron chi connectivity index (χ0n) is 15.9. The minimum atomic E-state index is -0.370. The van der Waals surface area contributed by atoms with Gasteiger partial charge in [-0.15, -0.1) is 0 Å². The fourth-order valence-electron chi connectivity index (χ4n) is 3.34. The van der Waals surface area contributed by atoms with E-state index in [0.29, 0.717) is 30.9 Å². The third-order valence-electron chi connectivity index (χ3n) is 4.87. The van der Waals surface area contributed by atoms with E-state index >= 15 is 0 Å². The summed E-state index contributed by atoms with van der Waals surface area (Å²) in [7, 11) is 0. The lowest BCUT2D eigenvalue weighted by Crippen LogP contribution is -2.30. The van der Waals surface area contributed by atoms with Gasteiger partial charge in [-0.25, -0.2) is 4.39 Å². The van der Waals surface area contributed by atoms with Crippen LogP contribution < -0.4 is 14.8 Å². The van der Waals surface area contributed by atoms with E-state index < -0.39 is 0 Å². The smallest absolute Gasteiger partial charge is 0.251 e. The summed E-state index contributed by atoms with van der Waals surface area (Å²) in [4.78, 5) is 12.8. The molecule has 148 valence electrons. The van der Waals surface area contributed by atoms with E-state index in [4.69, 9.17) is 9.47 Å². The molecule has 1 aliphatic rings. The van der Waals surface area contributed by atoms with Crippen LogP contribution in [-0.2, 0) is 6.42 Å². The fraction of sp³-hybridized carbons (Fsp3) is 0.208. The van der Waals surface area contributed by atoms with Crippen molar-refractivity contribution in [2.45, 2.75) is 18.9 Å². The molecule has 3 aromatic carbocycles. The zero-order valence-corrected chi connectivity index (χ0v) is 15.9. The SMILES string of the molecule is O=C(N[C@H](Cc1ccccc1)c1ccc2c(c1)OCCCO2)c1ccc(F)cc1. The lowest BCUT2D eigenvalue weighted by molar-refractivity contribution is 0.0936. The monoisotopic (exact) mass is 391 g/mol. The van der Waals surface area contributed by atoms with Gasteiger partial charge in [0.25, 0.3) is 5.91 Å². The number of ether oxygens (including phenoxy) is 2. The van der Waals surface area contributed by atoms with Gasteiger partial charge < -0.3 is 14.8 Å². The summed E-state index contributed by atoms with van der Waals surface area (Å²) in [5.41, 5.74) is 2.44. The number of rotatable bonds is 5. The Bertz CT molecular complexity index is 973. The van der Waals surface area contributed by atoms with Crippen LogP contribution in [0.5, 0.6) is 11.5 Å². The lowest BCUT2D eigenvalue weighted by atomic mass is 9.98. The standard InChI is InChI=1S/C24H22FNO3/c25-20-10-7-18(8-11-20)24(27)26-21(15-17-5-2-1-3-6-17)19-9-12-22-23(16-19)29-14-4-13-28-22/h1-3,5-12,16,21H,4,13-15H2,(H,26,27)/t21-/m1/s1. The van der Waals surface area contributed by atoms with Crippen molar-refractivity contribution >= 4 is 5.91 Å². The van der Waals surface area contributed by atoms with Gasteiger partial charge in [0, 0.05) is 12.0 Å². The number of carbonyl (C=O) groups excluding carboxylic acids is 1. The van der Waals surface area contributed by atoms with Crippen LogP contribution in [0, 0.1) is 5.82 Å². The molecule has 0 aliphatic carbocycles. The Morgan fingerprint density at radius 3 is 2.41 bits per heavy atom. The molecule has 29 heavy (non-hydrogen) atoms. The number of nitrogens with one attached hydrogen (secondary N) is 1. The van der Waals surface area contributed by atoms with Gasteiger partial charge in [0.15, 0.2) is 11.5 Å². The summed E-state index contributed by atoms with van der Waals surface area (Å²) in [6.45, 7) is 1.23. The van der Waals surface area contributed by atoms with Gasteiger partial charge >= 0.3 is 0 Å². The van der Waals surface area contributed by atoms with Crippen LogP contribution >= 0.6 is 0 Å². The predicted molar refractivity (Wildman–Crippen MR) is 109 cm³/mol. The molecule has 4 rings (SSSR count). The Balaban J connectivity index is 1.62. The van der Waals surface area contributed by atoms with Gasteiger partial charge in [-0.05, 0) is 53.9 Å². The van der Waals surface area contributed by atoms with Crippen LogP contribution in [-0.4, -0.2) is 19.1 Å². The molecular weight excluding hydrogens is 369 g/mol. The lowest BCUT2D eigenvalue weighted by Gasteiger charge is -2.21. The molecule has 0 bridgehead atoms. The van der Waals surface area contributed by atoms with E-state index in [-0.39, 0.29) is 17.8 Å². The summed E-state index contributed by atoms with van der Waals surface area (Å²) in [6, 6.07) is 21.0.